The molecule has 0 saturated heterocycles. The summed E-state index contributed by atoms with van der Waals surface area (Å²) < 4.78 is 25.7. The molecule has 0 aliphatic heterocycles. The smallest absolute Gasteiger partial charge is 0.857 e. The summed E-state index contributed by atoms with van der Waals surface area (Å²) in [5.41, 5.74) is 4.51. The molecule has 2 aromatic carbocycles. The maximum absolute atomic E-state index is 12.9. The van der Waals surface area contributed by atoms with E-state index in [1.807, 2.05) is 0 Å². The molecule has 1 unspecified atom stereocenters. The molecule has 0 amide bonds. The van der Waals surface area contributed by atoms with Crippen molar-refractivity contribution in [1.29, 1.82) is 0 Å². The molecule has 0 spiro atoms. The summed E-state index contributed by atoms with van der Waals surface area (Å²) in [6, 6.07) is 18.1. The van der Waals surface area contributed by atoms with Crippen LogP contribution in [0.15, 0.2) is 113 Å². The summed E-state index contributed by atoms with van der Waals surface area (Å²) in [5.74, 6) is -1.17. The largest absolute Gasteiger partial charge is 2.00 e. The second-order valence-corrected chi connectivity index (χ2v) is 7.04. The quantitative estimate of drug-likeness (QED) is 0.166. The number of hydrazone groups is 1. The van der Waals surface area contributed by atoms with E-state index >= 15 is 0 Å². The number of aromatic nitrogens is 2. The molecule has 2 heterocycles. The van der Waals surface area contributed by atoms with Crippen LogP contribution in [0.25, 0.3) is 0 Å². The van der Waals surface area contributed by atoms with E-state index in [2.05, 4.69) is 30.7 Å². The van der Waals surface area contributed by atoms with Crippen LogP contribution in [0.5, 0.6) is 0 Å². The van der Waals surface area contributed by atoms with E-state index in [1.165, 1.54) is 61.5 Å². The van der Waals surface area contributed by atoms with Crippen molar-refractivity contribution in [3.05, 3.63) is 131 Å². The molecule has 1 radical (unpaired) electrons. The van der Waals surface area contributed by atoms with Gasteiger partial charge in [-0.25, -0.2) is 8.78 Å². The van der Waals surface area contributed by atoms with E-state index in [9.17, 15) is 19.0 Å². The first kappa shape index (κ1) is 28.9. The normalized spacial score (nSPS) is 11.9. The zero-order chi connectivity index (χ0) is 25.6. The average Bonchev–Trinajstić information content (AvgIpc) is 2.90. The summed E-state index contributed by atoms with van der Waals surface area (Å²) in [6.07, 6.45) is 7.63. The molecule has 37 heavy (non-hydrogen) atoms. The van der Waals surface area contributed by atoms with Crippen LogP contribution in [-0.2, 0) is 16.8 Å². The second kappa shape index (κ2) is 15.6. The van der Waals surface area contributed by atoms with Gasteiger partial charge in [0.25, 0.3) is 0 Å². The van der Waals surface area contributed by atoms with Crippen molar-refractivity contribution in [2.75, 3.05) is 0 Å². The van der Waals surface area contributed by atoms with Gasteiger partial charge in [0.1, 0.15) is 11.6 Å². The molecule has 0 bridgehead atoms. The monoisotopic (exact) mass is 545 g/mol. The van der Waals surface area contributed by atoms with Crippen molar-refractivity contribution < 1.29 is 35.8 Å². The first-order valence-electron chi connectivity index (χ1n) is 10.5. The van der Waals surface area contributed by atoms with Crippen molar-refractivity contribution in [3.63, 3.8) is 0 Å². The third-order valence-corrected chi connectivity index (χ3v) is 4.39. The first-order valence-corrected chi connectivity index (χ1v) is 10.5. The summed E-state index contributed by atoms with van der Waals surface area (Å²) in [5, 5.41) is 34.1. The fourth-order valence-corrected chi connectivity index (χ4v) is 2.67. The molecule has 1 N–H and O–H groups in total. The Balaban J connectivity index is 0.000000253. The van der Waals surface area contributed by atoms with Crippen molar-refractivity contribution in [2.45, 2.75) is 6.23 Å². The molecule has 189 valence electrons. The van der Waals surface area contributed by atoms with E-state index in [-0.39, 0.29) is 28.4 Å². The molecule has 2 aromatic heterocycles. The third kappa shape index (κ3) is 10.4. The summed E-state index contributed by atoms with van der Waals surface area (Å²) in [4.78, 5) is 7.61. The number of halogens is 2. The Hall–Kier alpha value is -4.32. The van der Waals surface area contributed by atoms with Crippen molar-refractivity contribution in [2.24, 2.45) is 15.3 Å². The summed E-state index contributed by atoms with van der Waals surface area (Å²) in [6.45, 7) is 0. The average molecular weight is 545 g/mol. The van der Waals surface area contributed by atoms with Crippen LogP contribution in [0.2, 0.25) is 0 Å². The maximum Gasteiger partial charge on any atom is 2.00 e. The molecule has 0 aliphatic rings. The van der Waals surface area contributed by atoms with Crippen LogP contribution in [-0.4, -0.2) is 28.3 Å². The molecule has 0 fully saturated rings. The van der Waals surface area contributed by atoms with Crippen LogP contribution >= 0.6 is 0 Å². The van der Waals surface area contributed by atoms with E-state index in [0.29, 0.717) is 22.3 Å². The van der Waals surface area contributed by atoms with Crippen LogP contribution in [0.1, 0.15) is 28.5 Å². The number of nitrogens with one attached hydrogen (secondary N) is 1. The Morgan fingerprint density at radius 2 is 1.35 bits per heavy atom. The third-order valence-electron chi connectivity index (χ3n) is 4.39. The van der Waals surface area contributed by atoms with Crippen LogP contribution < -0.4 is 15.6 Å². The number of benzene rings is 2. The first-order chi connectivity index (χ1) is 17.5. The minimum absolute atomic E-state index is 0. The second-order valence-electron chi connectivity index (χ2n) is 7.04. The molecule has 0 aliphatic carbocycles. The molecule has 4 rings (SSSR count). The Morgan fingerprint density at radius 3 is 1.92 bits per heavy atom. The van der Waals surface area contributed by atoms with E-state index in [0.717, 1.165) is 0 Å². The minimum Gasteiger partial charge on any atom is -0.857 e. The molecule has 4 aromatic rings. The zero-order valence-electron chi connectivity index (χ0n) is 19.1. The number of rotatable bonds is 7. The van der Waals surface area contributed by atoms with E-state index in [1.54, 1.807) is 48.5 Å². The maximum atomic E-state index is 12.9. The standard InChI is InChI=1S/C13H11FN3O.C13H10FN3O.Co/c2*14-12-3-1-2-10(8-12)9-16-17-13(18)11-4-6-15-7-5-11;/h1-9,13,17H;1-9H,(H,17,18);/q-1;;+2/p-1/b2*16-9-;. The van der Waals surface area contributed by atoms with Crippen molar-refractivity contribution in [1.82, 2.24) is 15.4 Å². The van der Waals surface area contributed by atoms with Gasteiger partial charge >= 0.3 is 16.8 Å². The molecule has 1 atom stereocenters. The Morgan fingerprint density at radius 1 is 0.811 bits per heavy atom. The minimum atomic E-state index is -1.17. The van der Waals surface area contributed by atoms with Gasteiger partial charge in [0.2, 0.25) is 0 Å². The Kier molecular flexibility index (Phi) is 12.2. The predicted octanol–water partition coefficient (Wildman–Crippen LogP) is 2.56. The fraction of sp³-hybridized carbons (Fsp3) is 0.0385. The summed E-state index contributed by atoms with van der Waals surface area (Å²) in [7, 11) is 0. The van der Waals surface area contributed by atoms with Gasteiger partial charge in [-0.1, -0.05) is 24.3 Å². The summed E-state index contributed by atoms with van der Waals surface area (Å²) >= 11 is 0. The molecular weight excluding hydrogens is 525 g/mol. The van der Waals surface area contributed by atoms with Crippen LogP contribution in [0, 0.1) is 11.6 Å². The number of pyridine rings is 2. The van der Waals surface area contributed by atoms with Gasteiger partial charge in [0.05, 0.1) is 12.4 Å². The zero-order valence-corrected chi connectivity index (χ0v) is 20.2. The van der Waals surface area contributed by atoms with Crippen LogP contribution in [0.4, 0.5) is 8.78 Å². The van der Waals surface area contributed by atoms with Crippen LogP contribution in [0.3, 0.4) is 0 Å². The van der Waals surface area contributed by atoms with Crippen molar-refractivity contribution in [3.8, 4) is 0 Å². The fourth-order valence-electron chi connectivity index (χ4n) is 2.67. The van der Waals surface area contributed by atoms with Gasteiger partial charge in [0.15, 0.2) is 0 Å². The molecule has 8 nitrogen and oxygen atoms in total. The van der Waals surface area contributed by atoms with Gasteiger partial charge in [-0.05, 0) is 77.0 Å². The molecule has 11 heteroatoms. The molecular formula is C26H20CoF2N6O2. The van der Waals surface area contributed by atoms with Gasteiger partial charge in [-0.3, -0.25) is 9.97 Å². The Labute approximate surface area is 222 Å². The van der Waals surface area contributed by atoms with Crippen molar-refractivity contribution >= 4 is 18.3 Å². The Bertz CT molecular complexity index is 1320. The number of nitrogens with zero attached hydrogens (tertiary/aromatic N) is 5. The SMILES string of the molecule is [Co+2].[O-]/C(=N\N=C/c1cccc(F)c1)c1ccncc1.[O-]C(N/N=C\c1cccc(F)c1)c1ccncc1. The van der Waals surface area contributed by atoms with Gasteiger partial charge in [-0.2, -0.15) is 15.3 Å². The predicted molar refractivity (Wildman–Crippen MR) is 129 cm³/mol. The number of hydrogen-bond acceptors (Lipinski definition) is 8. The van der Waals surface area contributed by atoms with Gasteiger partial charge < -0.3 is 15.6 Å². The molecule has 0 saturated carbocycles. The van der Waals surface area contributed by atoms with Gasteiger partial charge in [0, 0.05) is 30.7 Å². The topological polar surface area (TPSA) is 121 Å². The van der Waals surface area contributed by atoms with E-state index in [4.69, 9.17) is 0 Å². The van der Waals surface area contributed by atoms with Gasteiger partial charge in [-0.15, -0.1) is 0 Å². The van der Waals surface area contributed by atoms with E-state index < -0.39 is 12.1 Å². The number of hydrogen-bond donors (Lipinski definition) is 1.